The third-order valence-electron chi connectivity index (χ3n) is 9.90. The molecule has 0 aromatic rings. The summed E-state index contributed by atoms with van der Waals surface area (Å²) in [5, 5.41) is 29.9. The lowest BCUT2D eigenvalue weighted by molar-refractivity contribution is -0.790. The Balaban J connectivity index is 1.37. The molecule has 0 aromatic heterocycles. The number of esters is 1. The molecule has 15 heteroatoms. The fraction of sp³-hybridized carbons (Fsp3) is 0.741. The molecule has 4 aliphatic rings. The number of hydrogen-bond acceptors (Lipinski definition) is 11. The Morgan fingerprint density at radius 3 is 2.57 bits per heavy atom. The third-order valence-corrected chi connectivity index (χ3v) is 9.90. The maximum Gasteiger partial charge on any atom is 0.306 e. The Hall–Kier alpha value is -3.49. The normalized spacial score (nSPS) is 37.4. The number of halogens is 2. The fourth-order valence-corrected chi connectivity index (χ4v) is 7.96. The van der Waals surface area contributed by atoms with E-state index in [4.69, 9.17) is 4.74 Å². The van der Waals surface area contributed by atoms with Crippen LogP contribution in [0.5, 0.6) is 0 Å². The molecule has 4 aliphatic carbocycles. The van der Waals surface area contributed by atoms with E-state index < -0.39 is 93.6 Å². The van der Waals surface area contributed by atoms with Gasteiger partial charge in [-0.05, 0) is 74.5 Å². The van der Waals surface area contributed by atoms with Gasteiger partial charge in [-0.2, -0.15) is 0 Å². The molecule has 0 saturated heterocycles. The second-order valence-corrected chi connectivity index (χ2v) is 12.1. The molecule has 3 fully saturated rings. The van der Waals surface area contributed by atoms with Gasteiger partial charge in [-0.1, -0.05) is 13.0 Å². The van der Waals surface area contributed by atoms with E-state index in [-0.39, 0.29) is 37.7 Å². The van der Waals surface area contributed by atoms with Crippen molar-refractivity contribution in [3.05, 3.63) is 44.0 Å². The number of carbonyl (C=O) groups is 3. The summed E-state index contributed by atoms with van der Waals surface area (Å²) < 4.78 is 37.7. The predicted molar refractivity (Wildman–Crippen MR) is 137 cm³/mol. The van der Waals surface area contributed by atoms with E-state index in [2.05, 4.69) is 9.68 Å². The van der Waals surface area contributed by atoms with Crippen LogP contribution in [-0.2, 0) is 28.8 Å². The van der Waals surface area contributed by atoms with Gasteiger partial charge < -0.3 is 19.5 Å². The molecule has 9 atom stereocenters. The Morgan fingerprint density at radius 2 is 1.90 bits per heavy atom. The van der Waals surface area contributed by atoms with Crippen molar-refractivity contribution in [1.82, 2.24) is 0 Å². The number of aliphatic hydroxyl groups excluding tert-OH is 1. The SMILES string of the molecule is CC12CC(O)[C@@]3(F)C(C[C@H](F)C4=CC(=O)C=CC43C)C1CCC2C(=O)COC(=O)CCCC(CO[N+](=O)[O-])O[N+](=O)[O-]. The number of carbonyl (C=O) groups excluding carboxylic acids is 3. The van der Waals surface area contributed by atoms with Gasteiger partial charge in [0.2, 0.25) is 0 Å². The van der Waals surface area contributed by atoms with Gasteiger partial charge in [0.05, 0.1) is 6.10 Å². The first-order chi connectivity index (χ1) is 19.6. The second-order valence-electron chi connectivity index (χ2n) is 12.1. The molecular weight excluding hydrogens is 566 g/mol. The van der Waals surface area contributed by atoms with Crippen LogP contribution < -0.4 is 0 Å². The van der Waals surface area contributed by atoms with E-state index in [9.17, 15) is 39.7 Å². The molecule has 13 nitrogen and oxygen atoms in total. The van der Waals surface area contributed by atoms with E-state index >= 15 is 8.78 Å². The molecule has 0 aliphatic heterocycles. The van der Waals surface area contributed by atoms with Gasteiger partial charge in [0.1, 0.15) is 25.5 Å². The lowest BCUT2D eigenvalue weighted by atomic mass is 9.45. The summed E-state index contributed by atoms with van der Waals surface area (Å²) in [4.78, 5) is 66.7. The molecule has 0 spiro atoms. The molecule has 0 aromatic carbocycles. The van der Waals surface area contributed by atoms with Crippen molar-refractivity contribution in [2.45, 2.75) is 82.8 Å². The molecule has 3 saturated carbocycles. The average Bonchev–Trinajstić information content (AvgIpc) is 3.24. The third kappa shape index (κ3) is 5.50. The number of Topliss-reactive ketones (excluding diaryl/α,β-unsaturated/α-hetero) is 1. The van der Waals surface area contributed by atoms with Crippen molar-refractivity contribution < 1.29 is 52.9 Å². The van der Waals surface area contributed by atoms with Gasteiger partial charge in [0, 0.05) is 23.7 Å². The smallest absolute Gasteiger partial charge is 0.306 e. The first-order valence-electron chi connectivity index (χ1n) is 13.9. The van der Waals surface area contributed by atoms with Crippen LogP contribution in [0.25, 0.3) is 0 Å². The lowest BCUT2D eigenvalue weighted by Crippen LogP contribution is -2.68. The van der Waals surface area contributed by atoms with Gasteiger partial charge in [0.25, 0.3) is 10.2 Å². The molecule has 0 heterocycles. The first-order valence-corrected chi connectivity index (χ1v) is 13.9. The molecular formula is C27H34F2N2O11. The van der Waals surface area contributed by atoms with Crippen LogP contribution in [0.2, 0.25) is 0 Å². The standard InChI is InChI=1S/C27H34F2N2O11/c1-25-12-23(34)27(29)19(11-21(28)20-10-15(32)8-9-26(20,27)2)17(25)6-7-18(25)22(33)14-40-24(35)5-3-4-16(42-31(38)39)13-41-30(36)37/h8-10,16-19,21,23,34H,3-7,11-14H2,1-2H3/t16?,17?,18?,19?,21-,23?,25?,26?,27-/m0/s1. The Morgan fingerprint density at radius 1 is 1.19 bits per heavy atom. The van der Waals surface area contributed by atoms with Crippen molar-refractivity contribution >= 4 is 17.5 Å². The van der Waals surface area contributed by atoms with Gasteiger partial charge in [-0.15, -0.1) is 20.2 Å². The van der Waals surface area contributed by atoms with E-state index in [1.807, 2.05) is 0 Å². The highest BCUT2D eigenvalue weighted by Crippen LogP contribution is 2.69. The summed E-state index contributed by atoms with van der Waals surface area (Å²) in [7, 11) is 0. The second kappa shape index (κ2) is 11.7. The van der Waals surface area contributed by atoms with Crippen molar-refractivity contribution in [2.24, 2.45) is 28.6 Å². The highest BCUT2D eigenvalue weighted by Gasteiger charge is 2.72. The first kappa shape index (κ1) is 31.4. The van der Waals surface area contributed by atoms with Gasteiger partial charge >= 0.3 is 5.97 Å². The van der Waals surface area contributed by atoms with E-state index in [1.165, 1.54) is 19.1 Å². The molecule has 0 radical (unpaired) electrons. The quantitative estimate of drug-likeness (QED) is 0.197. The predicted octanol–water partition coefficient (Wildman–Crippen LogP) is 2.99. The highest BCUT2D eigenvalue weighted by atomic mass is 19.1. The molecule has 4 rings (SSSR count). The highest BCUT2D eigenvalue weighted by molar-refractivity contribution is 6.01. The Labute approximate surface area is 239 Å². The maximum absolute atomic E-state index is 17.1. The van der Waals surface area contributed by atoms with Gasteiger partial charge in [-0.25, -0.2) is 8.78 Å². The average molecular weight is 601 g/mol. The topological polar surface area (TPSA) is 185 Å². The van der Waals surface area contributed by atoms with Crippen LogP contribution in [0.1, 0.15) is 58.8 Å². The van der Waals surface area contributed by atoms with Gasteiger partial charge in [-0.3, -0.25) is 14.4 Å². The summed E-state index contributed by atoms with van der Waals surface area (Å²) in [6.45, 7) is 2.00. The van der Waals surface area contributed by atoms with Crippen LogP contribution in [0.4, 0.5) is 8.78 Å². The summed E-state index contributed by atoms with van der Waals surface area (Å²) in [6.07, 6.45) is -0.624. The van der Waals surface area contributed by atoms with E-state index in [0.29, 0.717) is 12.8 Å². The van der Waals surface area contributed by atoms with Crippen LogP contribution in [-0.4, -0.2) is 70.1 Å². The minimum atomic E-state index is -2.24. The van der Waals surface area contributed by atoms with E-state index in [0.717, 1.165) is 6.08 Å². The number of fused-ring (bicyclic) bond motifs is 5. The zero-order chi connectivity index (χ0) is 31.0. The van der Waals surface area contributed by atoms with Gasteiger partial charge in [0.15, 0.2) is 17.2 Å². The van der Waals surface area contributed by atoms with E-state index in [1.54, 1.807) is 6.92 Å². The minimum absolute atomic E-state index is 0.00191. The van der Waals surface area contributed by atoms with Crippen LogP contribution in [0.15, 0.2) is 23.8 Å². The molecule has 7 unspecified atom stereocenters. The summed E-state index contributed by atoms with van der Waals surface area (Å²) in [5.74, 6) is -3.63. The number of rotatable bonds is 12. The molecule has 42 heavy (non-hydrogen) atoms. The molecule has 232 valence electrons. The number of nitrogens with zero attached hydrogens (tertiary/aromatic N) is 2. The van der Waals surface area contributed by atoms with Crippen LogP contribution in [0, 0.1) is 48.8 Å². The summed E-state index contributed by atoms with van der Waals surface area (Å²) in [5.41, 5.74) is -4.61. The fourth-order valence-electron chi connectivity index (χ4n) is 7.96. The summed E-state index contributed by atoms with van der Waals surface area (Å²) >= 11 is 0. The molecule has 0 bridgehead atoms. The number of hydrogen-bond donors (Lipinski definition) is 1. The number of ketones is 2. The summed E-state index contributed by atoms with van der Waals surface area (Å²) in [6, 6.07) is 0. The van der Waals surface area contributed by atoms with Crippen LogP contribution in [0.3, 0.4) is 0 Å². The van der Waals surface area contributed by atoms with Crippen molar-refractivity contribution in [2.75, 3.05) is 13.2 Å². The van der Waals surface area contributed by atoms with Crippen LogP contribution >= 0.6 is 0 Å². The molecule has 0 amide bonds. The Bertz CT molecular complexity index is 1210. The number of alkyl halides is 2. The van der Waals surface area contributed by atoms with Crippen molar-refractivity contribution in [3.8, 4) is 0 Å². The monoisotopic (exact) mass is 600 g/mol. The molecule has 1 N–H and O–H groups in total. The maximum atomic E-state index is 17.1. The minimum Gasteiger partial charge on any atom is -0.458 e. The largest absolute Gasteiger partial charge is 0.458 e. The number of allylic oxidation sites excluding steroid dienone is 4. The zero-order valence-corrected chi connectivity index (χ0v) is 23.2. The zero-order valence-electron chi connectivity index (χ0n) is 23.2. The lowest BCUT2D eigenvalue weighted by Gasteiger charge is -2.62. The number of aliphatic hydroxyl groups is 1. The number of ether oxygens (including phenoxy) is 1. The van der Waals surface area contributed by atoms with Crippen molar-refractivity contribution in [3.63, 3.8) is 0 Å². The Kier molecular flexibility index (Phi) is 8.72. The van der Waals surface area contributed by atoms with Crippen molar-refractivity contribution in [1.29, 1.82) is 0 Å².